The number of rotatable bonds is 2. The van der Waals surface area contributed by atoms with E-state index < -0.39 is 0 Å². The Bertz CT molecular complexity index is 936. The van der Waals surface area contributed by atoms with Crippen LogP contribution in [-0.4, -0.2) is 48.5 Å². The minimum Gasteiger partial charge on any atom is -0.333 e. The molecule has 3 aromatic rings. The summed E-state index contributed by atoms with van der Waals surface area (Å²) in [7, 11) is 0. The van der Waals surface area contributed by atoms with Gasteiger partial charge in [0.1, 0.15) is 6.33 Å². The second kappa shape index (κ2) is 6.01. The van der Waals surface area contributed by atoms with Gasteiger partial charge in [0.15, 0.2) is 11.3 Å². The minimum atomic E-state index is -0.115. The molecule has 120 valence electrons. The Morgan fingerprint density at radius 2 is 2.04 bits per heavy atom. The molecule has 7 nitrogen and oxygen atoms in total. The van der Waals surface area contributed by atoms with Gasteiger partial charge in [-0.2, -0.15) is 5.10 Å². The number of carbonyl (C=O) groups excluding carboxylic acids is 1. The van der Waals surface area contributed by atoms with Gasteiger partial charge >= 0.3 is 0 Å². The van der Waals surface area contributed by atoms with Gasteiger partial charge in [0.2, 0.25) is 0 Å². The van der Waals surface area contributed by atoms with Crippen molar-refractivity contribution in [3.63, 3.8) is 0 Å². The molecule has 0 saturated heterocycles. The monoisotopic (exact) mass is 340 g/mol. The fourth-order valence-electron chi connectivity index (χ4n) is 2.70. The number of aromatic nitrogens is 5. The zero-order chi connectivity index (χ0) is 16.5. The van der Waals surface area contributed by atoms with Gasteiger partial charge in [-0.25, -0.2) is 19.5 Å². The van der Waals surface area contributed by atoms with Crippen molar-refractivity contribution in [2.24, 2.45) is 0 Å². The third-order valence-corrected chi connectivity index (χ3v) is 4.12. The summed E-state index contributed by atoms with van der Waals surface area (Å²) < 4.78 is 1.52. The van der Waals surface area contributed by atoms with Crippen molar-refractivity contribution in [2.75, 3.05) is 13.1 Å². The van der Waals surface area contributed by atoms with Gasteiger partial charge in [-0.05, 0) is 12.0 Å². The normalized spacial score (nSPS) is 14.7. The molecule has 1 amide bonds. The highest BCUT2D eigenvalue weighted by Gasteiger charge is 2.22. The van der Waals surface area contributed by atoms with Crippen LogP contribution in [0, 0.1) is 0 Å². The summed E-state index contributed by atoms with van der Waals surface area (Å²) in [6, 6.07) is 1.67. The van der Waals surface area contributed by atoms with Crippen molar-refractivity contribution in [2.45, 2.75) is 6.42 Å². The molecule has 24 heavy (non-hydrogen) atoms. The van der Waals surface area contributed by atoms with Crippen LogP contribution in [-0.2, 0) is 0 Å². The van der Waals surface area contributed by atoms with Crippen LogP contribution in [0.4, 0.5) is 0 Å². The number of fused-ring (bicyclic) bond motifs is 1. The molecule has 0 fully saturated rings. The van der Waals surface area contributed by atoms with E-state index in [1.807, 2.05) is 6.08 Å². The number of hydrogen-bond acceptors (Lipinski definition) is 5. The van der Waals surface area contributed by atoms with Crippen LogP contribution in [0.2, 0.25) is 5.02 Å². The minimum absolute atomic E-state index is 0.115. The molecule has 0 bridgehead atoms. The van der Waals surface area contributed by atoms with E-state index in [1.54, 1.807) is 29.6 Å². The van der Waals surface area contributed by atoms with Crippen molar-refractivity contribution >= 4 is 28.7 Å². The molecule has 0 N–H and O–H groups in total. The second-order valence-corrected chi connectivity index (χ2v) is 5.90. The van der Waals surface area contributed by atoms with E-state index in [1.165, 1.54) is 17.0 Å². The Balaban J connectivity index is 1.54. The van der Waals surface area contributed by atoms with E-state index >= 15 is 0 Å². The van der Waals surface area contributed by atoms with E-state index in [0.717, 1.165) is 17.6 Å². The Morgan fingerprint density at radius 1 is 1.21 bits per heavy atom. The number of hydrogen-bond donors (Lipinski definition) is 0. The lowest BCUT2D eigenvalue weighted by Gasteiger charge is -2.25. The van der Waals surface area contributed by atoms with Gasteiger partial charge in [0.05, 0.1) is 11.2 Å². The summed E-state index contributed by atoms with van der Waals surface area (Å²) in [4.78, 5) is 26.6. The molecule has 0 aliphatic carbocycles. The first-order valence-corrected chi connectivity index (χ1v) is 7.83. The number of carbonyl (C=O) groups is 1. The molecule has 0 aromatic carbocycles. The smallest absolute Gasteiger partial charge is 0.274 e. The summed E-state index contributed by atoms with van der Waals surface area (Å²) >= 11 is 5.89. The summed E-state index contributed by atoms with van der Waals surface area (Å²) in [5.74, 6) is -0.115. The Hall–Kier alpha value is -2.80. The van der Waals surface area contributed by atoms with Crippen molar-refractivity contribution < 1.29 is 4.79 Å². The zero-order valence-electron chi connectivity index (χ0n) is 12.6. The summed E-state index contributed by atoms with van der Waals surface area (Å²) in [5.41, 5.74) is 3.11. The standard InChI is InChI=1S/C16H13ClN6O/c17-13-8-20-15-5-14(21-23(15)9-13)16(24)22-3-1-11(2-4-22)12-6-18-10-19-7-12/h1,5-10H,2-4H2. The number of amides is 1. The third-order valence-electron chi connectivity index (χ3n) is 3.93. The van der Waals surface area contributed by atoms with Crippen LogP contribution >= 0.6 is 11.6 Å². The van der Waals surface area contributed by atoms with Crippen LogP contribution in [0.15, 0.2) is 43.3 Å². The maximum atomic E-state index is 12.6. The molecule has 0 radical (unpaired) electrons. The number of halogens is 1. The van der Waals surface area contributed by atoms with Crippen molar-refractivity contribution in [1.82, 2.24) is 29.5 Å². The molecule has 3 aromatic heterocycles. The summed E-state index contributed by atoms with van der Waals surface area (Å²) in [5, 5.41) is 4.74. The predicted octanol–water partition coefficient (Wildman–Crippen LogP) is 2.10. The van der Waals surface area contributed by atoms with Crippen LogP contribution in [0.3, 0.4) is 0 Å². The fourth-order valence-corrected chi connectivity index (χ4v) is 2.84. The molecule has 4 rings (SSSR count). The van der Waals surface area contributed by atoms with Gasteiger partial charge in [0, 0.05) is 43.3 Å². The molecule has 0 saturated carbocycles. The Labute approximate surface area is 142 Å². The molecular formula is C16H13ClN6O. The summed E-state index contributed by atoms with van der Waals surface area (Å²) in [6.07, 6.45) is 11.0. The van der Waals surface area contributed by atoms with E-state index in [-0.39, 0.29) is 5.91 Å². The van der Waals surface area contributed by atoms with Crippen molar-refractivity contribution in [3.8, 4) is 0 Å². The van der Waals surface area contributed by atoms with E-state index in [9.17, 15) is 4.79 Å². The van der Waals surface area contributed by atoms with E-state index in [0.29, 0.717) is 29.5 Å². The largest absolute Gasteiger partial charge is 0.333 e. The molecule has 0 atom stereocenters. The van der Waals surface area contributed by atoms with Crippen LogP contribution in [0.1, 0.15) is 22.5 Å². The van der Waals surface area contributed by atoms with Gasteiger partial charge in [0.25, 0.3) is 5.91 Å². The van der Waals surface area contributed by atoms with Crippen molar-refractivity contribution in [1.29, 1.82) is 0 Å². The van der Waals surface area contributed by atoms with Gasteiger partial charge in [-0.15, -0.1) is 0 Å². The topological polar surface area (TPSA) is 76.3 Å². The van der Waals surface area contributed by atoms with Gasteiger partial charge in [-0.3, -0.25) is 4.79 Å². The molecule has 0 spiro atoms. The lowest BCUT2D eigenvalue weighted by molar-refractivity contribution is 0.0766. The highest BCUT2D eigenvalue weighted by molar-refractivity contribution is 6.30. The fraction of sp³-hybridized carbons (Fsp3) is 0.188. The molecule has 1 aliphatic rings. The van der Waals surface area contributed by atoms with Crippen LogP contribution in [0.25, 0.3) is 11.2 Å². The predicted molar refractivity (Wildman–Crippen MR) is 88.5 cm³/mol. The maximum Gasteiger partial charge on any atom is 0.274 e. The summed E-state index contributed by atoms with van der Waals surface area (Å²) in [6.45, 7) is 1.16. The molecule has 1 aliphatic heterocycles. The zero-order valence-corrected chi connectivity index (χ0v) is 13.4. The first-order chi connectivity index (χ1) is 11.7. The van der Waals surface area contributed by atoms with Gasteiger partial charge in [-0.1, -0.05) is 17.7 Å². The molecule has 4 heterocycles. The van der Waals surface area contributed by atoms with E-state index in [4.69, 9.17) is 11.6 Å². The first kappa shape index (κ1) is 14.8. The molecule has 8 heteroatoms. The Kier molecular flexibility index (Phi) is 3.70. The third kappa shape index (κ3) is 2.74. The second-order valence-electron chi connectivity index (χ2n) is 5.46. The quantitative estimate of drug-likeness (QED) is 0.714. The lowest BCUT2D eigenvalue weighted by atomic mass is 10.0. The van der Waals surface area contributed by atoms with E-state index in [2.05, 4.69) is 20.1 Å². The number of nitrogens with zero attached hydrogens (tertiary/aromatic N) is 6. The average Bonchev–Trinajstić information content (AvgIpc) is 3.05. The molecular weight excluding hydrogens is 328 g/mol. The van der Waals surface area contributed by atoms with Crippen LogP contribution in [0.5, 0.6) is 0 Å². The maximum absolute atomic E-state index is 12.6. The first-order valence-electron chi connectivity index (χ1n) is 7.45. The van der Waals surface area contributed by atoms with Crippen molar-refractivity contribution in [3.05, 3.63) is 59.5 Å². The molecule has 0 unspecified atom stereocenters. The lowest BCUT2D eigenvalue weighted by Crippen LogP contribution is -2.34. The Morgan fingerprint density at radius 3 is 2.79 bits per heavy atom. The SMILES string of the molecule is O=C(c1cc2ncc(Cl)cn2n1)N1CC=C(c2cncnc2)CC1. The highest BCUT2D eigenvalue weighted by atomic mass is 35.5. The van der Waals surface area contributed by atoms with Crippen LogP contribution < -0.4 is 0 Å². The highest BCUT2D eigenvalue weighted by Crippen LogP contribution is 2.22. The van der Waals surface area contributed by atoms with Gasteiger partial charge < -0.3 is 4.90 Å². The average molecular weight is 341 g/mol.